The lowest BCUT2D eigenvalue weighted by atomic mass is 10.1. The summed E-state index contributed by atoms with van der Waals surface area (Å²) in [4.78, 5) is 33.5. The van der Waals surface area contributed by atoms with Crippen molar-refractivity contribution in [2.24, 2.45) is 0 Å². The molecule has 3 aromatic heterocycles. The van der Waals surface area contributed by atoms with Crippen LogP contribution >= 0.6 is 0 Å². The van der Waals surface area contributed by atoms with Crippen LogP contribution < -0.4 is 5.32 Å². The van der Waals surface area contributed by atoms with Gasteiger partial charge in [-0.2, -0.15) is 0 Å². The van der Waals surface area contributed by atoms with E-state index in [9.17, 15) is 9.18 Å². The van der Waals surface area contributed by atoms with Crippen LogP contribution in [0.3, 0.4) is 0 Å². The Hall–Kier alpha value is -4.19. The largest absolute Gasteiger partial charge is 0.448 e. The SMILES string of the molecule is Cc1nc2c(F)cc(-c3nc(Nc4ccc5c(n4)CCN(C(=O)OCCN(C)C)C5)ncc3F)cc2n1C1CC1. The molecule has 40 heavy (non-hydrogen) atoms. The lowest BCUT2D eigenvalue weighted by molar-refractivity contribution is 0.0916. The molecule has 1 fully saturated rings. The number of carbonyl (C=O) groups is 1. The van der Waals surface area contributed by atoms with Gasteiger partial charge in [-0.3, -0.25) is 0 Å². The van der Waals surface area contributed by atoms with E-state index in [4.69, 9.17) is 4.74 Å². The molecular weight excluding hydrogens is 518 g/mol. The van der Waals surface area contributed by atoms with Crippen molar-refractivity contribution in [1.82, 2.24) is 34.3 Å². The Bertz CT molecular complexity index is 1600. The Balaban J connectivity index is 1.20. The van der Waals surface area contributed by atoms with Crippen LogP contribution in [0, 0.1) is 18.6 Å². The van der Waals surface area contributed by atoms with E-state index in [1.165, 1.54) is 6.07 Å². The number of aryl methyl sites for hydroxylation is 1. The van der Waals surface area contributed by atoms with Gasteiger partial charge in [0.2, 0.25) is 5.95 Å². The number of pyridine rings is 1. The maximum atomic E-state index is 15.0. The zero-order chi connectivity index (χ0) is 28.0. The molecule has 4 heterocycles. The summed E-state index contributed by atoms with van der Waals surface area (Å²) in [5.74, 6) is 0.186. The smallest absolute Gasteiger partial charge is 0.410 e. The monoisotopic (exact) mass is 548 g/mol. The van der Waals surface area contributed by atoms with E-state index in [-0.39, 0.29) is 23.3 Å². The molecule has 12 heteroatoms. The summed E-state index contributed by atoms with van der Waals surface area (Å²) < 4.78 is 37.3. The fourth-order valence-electron chi connectivity index (χ4n) is 4.99. The number of aromatic nitrogens is 5. The third-order valence-corrected chi connectivity index (χ3v) is 7.16. The maximum absolute atomic E-state index is 15.0. The molecule has 0 radical (unpaired) electrons. The van der Waals surface area contributed by atoms with Gasteiger partial charge in [-0.1, -0.05) is 6.07 Å². The normalized spacial score (nSPS) is 15.0. The standard InChI is InChI=1S/C28H30F2N8O2/c1-16-32-26-20(29)12-18(13-23(26)38(16)19-5-6-19)25-21(30)14-31-27(35-25)34-24-7-4-17-15-37(9-8-22(17)33-24)28(39)40-11-10-36(2)3/h4,7,12-14,19H,5-6,8-11,15H2,1-3H3,(H,31,33,34,35). The molecule has 0 saturated heterocycles. The number of amides is 1. The molecule has 0 bridgehead atoms. The second-order valence-corrected chi connectivity index (χ2v) is 10.5. The lowest BCUT2D eigenvalue weighted by Gasteiger charge is -2.28. The van der Waals surface area contributed by atoms with Crippen molar-refractivity contribution in [3.63, 3.8) is 0 Å². The van der Waals surface area contributed by atoms with Gasteiger partial charge >= 0.3 is 6.09 Å². The zero-order valence-corrected chi connectivity index (χ0v) is 22.6. The highest BCUT2D eigenvalue weighted by atomic mass is 19.1. The third-order valence-electron chi connectivity index (χ3n) is 7.16. The van der Waals surface area contributed by atoms with Crippen molar-refractivity contribution in [1.29, 1.82) is 0 Å². The van der Waals surface area contributed by atoms with Crippen LogP contribution in [0.15, 0.2) is 30.5 Å². The first-order chi connectivity index (χ1) is 19.3. The van der Waals surface area contributed by atoms with Crippen LogP contribution in [0.25, 0.3) is 22.3 Å². The van der Waals surface area contributed by atoms with Gasteiger partial charge in [-0.15, -0.1) is 0 Å². The predicted octanol–water partition coefficient (Wildman–Crippen LogP) is 4.61. The summed E-state index contributed by atoms with van der Waals surface area (Å²) in [5.41, 5.74) is 2.98. The molecule has 6 rings (SSSR count). The van der Waals surface area contributed by atoms with Gasteiger partial charge in [0.15, 0.2) is 11.6 Å². The van der Waals surface area contributed by atoms with E-state index in [1.807, 2.05) is 36.6 Å². The van der Waals surface area contributed by atoms with E-state index >= 15 is 4.39 Å². The number of halogens is 2. The highest BCUT2D eigenvalue weighted by Gasteiger charge is 2.28. The van der Waals surface area contributed by atoms with Crippen LogP contribution in [0.5, 0.6) is 0 Å². The van der Waals surface area contributed by atoms with Crippen LogP contribution in [-0.2, 0) is 17.7 Å². The van der Waals surface area contributed by atoms with Crippen molar-refractivity contribution in [3.8, 4) is 11.3 Å². The number of anilines is 2. The van der Waals surface area contributed by atoms with Gasteiger partial charge in [0.1, 0.15) is 29.5 Å². The van der Waals surface area contributed by atoms with Crippen LogP contribution in [0.4, 0.5) is 25.3 Å². The Morgan fingerprint density at radius 1 is 1.15 bits per heavy atom. The highest BCUT2D eigenvalue weighted by Crippen LogP contribution is 2.40. The van der Waals surface area contributed by atoms with Crippen molar-refractivity contribution >= 4 is 28.9 Å². The fourth-order valence-corrected chi connectivity index (χ4v) is 4.99. The quantitative estimate of drug-likeness (QED) is 0.357. The summed E-state index contributed by atoms with van der Waals surface area (Å²) >= 11 is 0. The number of rotatable bonds is 7. The van der Waals surface area contributed by atoms with Crippen molar-refractivity contribution < 1.29 is 18.3 Å². The summed E-state index contributed by atoms with van der Waals surface area (Å²) in [6, 6.07) is 6.94. The summed E-state index contributed by atoms with van der Waals surface area (Å²) in [7, 11) is 3.84. The van der Waals surface area contributed by atoms with E-state index in [0.717, 1.165) is 36.1 Å². The average Bonchev–Trinajstić information content (AvgIpc) is 3.70. The molecule has 1 saturated carbocycles. The number of ether oxygens (including phenoxy) is 1. The van der Waals surface area contributed by atoms with E-state index in [2.05, 4.69) is 25.3 Å². The van der Waals surface area contributed by atoms with E-state index < -0.39 is 11.6 Å². The minimum atomic E-state index is -0.658. The van der Waals surface area contributed by atoms with Gasteiger partial charge in [0.25, 0.3) is 0 Å². The van der Waals surface area contributed by atoms with Gasteiger partial charge < -0.3 is 24.4 Å². The van der Waals surface area contributed by atoms with Gasteiger partial charge in [0, 0.05) is 36.8 Å². The molecule has 0 spiro atoms. The summed E-state index contributed by atoms with van der Waals surface area (Å²) in [6.07, 6.45) is 3.32. The number of likely N-dealkylation sites (N-methyl/N-ethyl adjacent to an activating group) is 1. The Labute approximate surface area is 230 Å². The number of fused-ring (bicyclic) bond motifs is 2. The van der Waals surface area contributed by atoms with Gasteiger partial charge in [-0.25, -0.2) is 33.5 Å². The second-order valence-electron chi connectivity index (χ2n) is 10.5. The van der Waals surface area contributed by atoms with Crippen molar-refractivity contribution in [3.05, 3.63) is 59.2 Å². The van der Waals surface area contributed by atoms with Crippen LogP contribution in [0.2, 0.25) is 0 Å². The fraction of sp³-hybridized carbons (Fsp3) is 0.393. The first kappa shape index (κ1) is 26.1. The minimum absolute atomic E-state index is 0.0131. The molecule has 1 amide bonds. The number of nitrogens with zero attached hydrogens (tertiary/aromatic N) is 7. The van der Waals surface area contributed by atoms with Gasteiger partial charge in [0.05, 0.1) is 18.3 Å². The minimum Gasteiger partial charge on any atom is -0.448 e. The first-order valence-electron chi connectivity index (χ1n) is 13.3. The molecule has 1 aliphatic heterocycles. The number of hydrogen-bond acceptors (Lipinski definition) is 8. The first-order valence-corrected chi connectivity index (χ1v) is 13.3. The molecule has 2 aliphatic rings. The number of imidazole rings is 1. The van der Waals surface area contributed by atoms with Gasteiger partial charge in [-0.05, 0) is 57.6 Å². The summed E-state index contributed by atoms with van der Waals surface area (Å²) in [6.45, 7) is 3.75. The molecule has 10 nitrogen and oxygen atoms in total. The Morgan fingerprint density at radius 3 is 2.75 bits per heavy atom. The Kier molecular flexibility index (Phi) is 6.78. The summed E-state index contributed by atoms with van der Waals surface area (Å²) in [5, 5.41) is 3.04. The van der Waals surface area contributed by atoms with Crippen LogP contribution in [-0.4, -0.2) is 74.2 Å². The zero-order valence-electron chi connectivity index (χ0n) is 22.6. The molecule has 0 atom stereocenters. The van der Waals surface area contributed by atoms with E-state index in [1.54, 1.807) is 17.0 Å². The maximum Gasteiger partial charge on any atom is 0.410 e. The molecule has 1 aliphatic carbocycles. The third kappa shape index (κ3) is 5.18. The van der Waals surface area contributed by atoms with Crippen molar-refractivity contribution in [2.45, 2.75) is 38.8 Å². The number of nitrogens with one attached hydrogen (secondary N) is 1. The average molecular weight is 549 g/mol. The lowest BCUT2D eigenvalue weighted by Crippen LogP contribution is -2.37. The predicted molar refractivity (Wildman–Crippen MR) is 145 cm³/mol. The molecule has 1 N–H and O–H groups in total. The van der Waals surface area contributed by atoms with Crippen LogP contribution in [0.1, 0.15) is 36.0 Å². The van der Waals surface area contributed by atoms with E-state index in [0.29, 0.717) is 55.6 Å². The molecular formula is C28H30F2N8O2. The Morgan fingerprint density at radius 2 is 1.98 bits per heavy atom. The van der Waals surface area contributed by atoms with Crippen molar-refractivity contribution in [2.75, 3.05) is 39.1 Å². The number of hydrogen-bond donors (Lipinski definition) is 1. The number of carbonyl (C=O) groups excluding carboxylic acids is 1. The second kappa shape index (κ2) is 10.4. The topological polar surface area (TPSA) is 101 Å². The molecule has 4 aromatic rings. The molecule has 1 aromatic carbocycles. The number of benzene rings is 1. The highest BCUT2D eigenvalue weighted by molar-refractivity contribution is 5.83. The molecule has 0 unspecified atom stereocenters. The molecule has 208 valence electrons.